The summed E-state index contributed by atoms with van der Waals surface area (Å²) in [7, 11) is 0. The molecule has 0 rings (SSSR count). The van der Waals surface area contributed by atoms with Gasteiger partial charge in [-0.2, -0.15) is 10.5 Å². The molecule has 0 amide bonds. The van der Waals surface area contributed by atoms with Crippen molar-refractivity contribution >= 4 is 0 Å². The van der Waals surface area contributed by atoms with Crippen LogP contribution in [0.3, 0.4) is 0 Å². The SMILES string of the molecule is CCCCCC(C#N)(C#N)CCCC. The lowest BCUT2D eigenvalue weighted by Gasteiger charge is -2.17. The van der Waals surface area contributed by atoms with Gasteiger partial charge in [-0.3, -0.25) is 0 Å². The molecule has 0 aliphatic carbocycles. The van der Waals surface area contributed by atoms with Gasteiger partial charge in [-0.25, -0.2) is 0 Å². The van der Waals surface area contributed by atoms with E-state index in [-0.39, 0.29) is 0 Å². The zero-order chi connectivity index (χ0) is 10.9. The number of nitriles is 2. The molecule has 0 bridgehead atoms. The molecule has 2 heteroatoms. The summed E-state index contributed by atoms with van der Waals surface area (Å²) >= 11 is 0. The molecule has 2 nitrogen and oxygen atoms in total. The van der Waals surface area contributed by atoms with E-state index in [0.717, 1.165) is 44.9 Å². The normalized spacial score (nSPS) is 10.6. The number of nitrogens with zero attached hydrogens (tertiary/aromatic N) is 2. The van der Waals surface area contributed by atoms with E-state index in [1.54, 1.807) is 0 Å². The van der Waals surface area contributed by atoms with Gasteiger partial charge in [0.25, 0.3) is 0 Å². The minimum Gasteiger partial charge on any atom is -0.197 e. The summed E-state index contributed by atoms with van der Waals surface area (Å²) < 4.78 is 0. The lowest BCUT2D eigenvalue weighted by Crippen LogP contribution is -2.15. The lowest BCUT2D eigenvalue weighted by atomic mass is 9.81. The van der Waals surface area contributed by atoms with Crippen molar-refractivity contribution in [1.29, 1.82) is 10.5 Å². The molecule has 0 saturated heterocycles. The Hall–Kier alpha value is -1.02. The van der Waals surface area contributed by atoms with Gasteiger partial charge < -0.3 is 0 Å². The maximum Gasteiger partial charge on any atom is 0.143 e. The van der Waals surface area contributed by atoms with Crippen LogP contribution in [0, 0.1) is 28.1 Å². The van der Waals surface area contributed by atoms with Crippen LogP contribution >= 0.6 is 0 Å². The van der Waals surface area contributed by atoms with E-state index in [1.165, 1.54) is 0 Å². The Kier molecular flexibility index (Phi) is 6.85. The van der Waals surface area contributed by atoms with E-state index in [1.807, 2.05) is 0 Å². The molecule has 78 valence electrons. The van der Waals surface area contributed by atoms with Gasteiger partial charge in [0.1, 0.15) is 5.41 Å². The van der Waals surface area contributed by atoms with Crippen molar-refractivity contribution in [2.75, 3.05) is 0 Å². The second-order valence-electron chi connectivity index (χ2n) is 3.87. The topological polar surface area (TPSA) is 47.6 Å². The molecular weight excluding hydrogens is 172 g/mol. The van der Waals surface area contributed by atoms with Gasteiger partial charge in [0, 0.05) is 0 Å². The molecule has 14 heavy (non-hydrogen) atoms. The minimum absolute atomic E-state index is 0.703. The van der Waals surface area contributed by atoms with Crippen LogP contribution in [-0.4, -0.2) is 0 Å². The smallest absolute Gasteiger partial charge is 0.143 e. The van der Waals surface area contributed by atoms with E-state index < -0.39 is 5.41 Å². The molecular formula is C12H20N2. The number of rotatable bonds is 7. The second-order valence-corrected chi connectivity index (χ2v) is 3.87. The zero-order valence-corrected chi connectivity index (χ0v) is 9.34. The molecule has 0 spiro atoms. The van der Waals surface area contributed by atoms with Gasteiger partial charge in [0.05, 0.1) is 12.1 Å². The van der Waals surface area contributed by atoms with Crippen LogP contribution in [0.15, 0.2) is 0 Å². The average molecular weight is 192 g/mol. The first-order valence-electron chi connectivity index (χ1n) is 5.57. The summed E-state index contributed by atoms with van der Waals surface area (Å²) in [5, 5.41) is 18.1. The fourth-order valence-electron chi connectivity index (χ4n) is 1.53. The predicted octanol–water partition coefficient (Wildman–Crippen LogP) is 3.79. The van der Waals surface area contributed by atoms with Crippen LogP contribution < -0.4 is 0 Å². The maximum absolute atomic E-state index is 9.03. The summed E-state index contributed by atoms with van der Waals surface area (Å²) in [5.41, 5.74) is -0.703. The highest BCUT2D eigenvalue weighted by Gasteiger charge is 2.28. The van der Waals surface area contributed by atoms with Gasteiger partial charge in [-0.05, 0) is 12.8 Å². The molecule has 0 fully saturated rings. The monoisotopic (exact) mass is 192 g/mol. The molecule has 0 heterocycles. The summed E-state index contributed by atoms with van der Waals surface area (Å²) in [6.07, 6.45) is 6.78. The average Bonchev–Trinajstić information content (AvgIpc) is 2.24. The van der Waals surface area contributed by atoms with Crippen molar-refractivity contribution in [3.63, 3.8) is 0 Å². The van der Waals surface area contributed by atoms with Crippen molar-refractivity contribution < 1.29 is 0 Å². The third kappa shape index (κ3) is 4.28. The van der Waals surface area contributed by atoms with Gasteiger partial charge in [-0.1, -0.05) is 46.0 Å². The van der Waals surface area contributed by atoms with Crippen LogP contribution in [0.1, 0.15) is 58.8 Å². The minimum atomic E-state index is -0.703. The molecule has 0 N–H and O–H groups in total. The largest absolute Gasteiger partial charge is 0.197 e. The van der Waals surface area contributed by atoms with Crippen LogP contribution in [0.4, 0.5) is 0 Å². The van der Waals surface area contributed by atoms with E-state index in [0.29, 0.717) is 0 Å². The van der Waals surface area contributed by atoms with E-state index in [2.05, 4.69) is 26.0 Å². The summed E-state index contributed by atoms with van der Waals surface area (Å²) in [6, 6.07) is 4.40. The second kappa shape index (κ2) is 7.39. The van der Waals surface area contributed by atoms with E-state index in [9.17, 15) is 0 Å². The van der Waals surface area contributed by atoms with Crippen molar-refractivity contribution in [1.82, 2.24) is 0 Å². The Bertz CT molecular complexity index is 205. The van der Waals surface area contributed by atoms with Crippen molar-refractivity contribution in [2.45, 2.75) is 58.8 Å². The number of hydrogen-bond acceptors (Lipinski definition) is 2. The first kappa shape index (κ1) is 13.0. The first-order chi connectivity index (χ1) is 6.74. The molecule has 0 aliphatic heterocycles. The Morgan fingerprint density at radius 2 is 1.36 bits per heavy atom. The van der Waals surface area contributed by atoms with Crippen molar-refractivity contribution in [2.24, 2.45) is 5.41 Å². The summed E-state index contributed by atoms with van der Waals surface area (Å²) in [5.74, 6) is 0. The van der Waals surface area contributed by atoms with Gasteiger partial charge in [-0.15, -0.1) is 0 Å². The lowest BCUT2D eigenvalue weighted by molar-refractivity contribution is 0.403. The quantitative estimate of drug-likeness (QED) is 0.576. The van der Waals surface area contributed by atoms with Crippen molar-refractivity contribution in [3.8, 4) is 12.1 Å². The molecule has 0 aliphatic rings. The standard InChI is InChI=1S/C12H20N2/c1-3-5-7-9-12(10-13,11-14)8-6-4-2/h3-9H2,1-2H3. The summed E-state index contributed by atoms with van der Waals surface area (Å²) in [4.78, 5) is 0. The molecule has 0 aromatic rings. The fraction of sp³-hybridized carbons (Fsp3) is 0.833. The molecule has 0 unspecified atom stereocenters. The Morgan fingerprint density at radius 3 is 1.79 bits per heavy atom. The number of hydrogen-bond donors (Lipinski definition) is 0. The van der Waals surface area contributed by atoms with E-state index in [4.69, 9.17) is 10.5 Å². The van der Waals surface area contributed by atoms with Crippen LogP contribution in [-0.2, 0) is 0 Å². The molecule has 0 aromatic carbocycles. The molecule has 0 radical (unpaired) electrons. The summed E-state index contributed by atoms with van der Waals surface area (Å²) in [6.45, 7) is 4.22. The van der Waals surface area contributed by atoms with Crippen molar-refractivity contribution in [3.05, 3.63) is 0 Å². The van der Waals surface area contributed by atoms with Gasteiger partial charge in [0.2, 0.25) is 0 Å². The number of unbranched alkanes of at least 4 members (excludes halogenated alkanes) is 3. The first-order valence-corrected chi connectivity index (χ1v) is 5.57. The molecule has 0 atom stereocenters. The van der Waals surface area contributed by atoms with Gasteiger partial charge >= 0.3 is 0 Å². The molecule has 0 saturated carbocycles. The predicted molar refractivity (Wildman–Crippen MR) is 57.3 cm³/mol. The fourth-order valence-corrected chi connectivity index (χ4v) is 1.53. The third-order valence-electron chi connectivity index (χ3n) is 2.59. The zero-order valence-electron chi connectivity index (χ0n) is 9.34. The third-order valence-corrected chi connectivity index (χ3v) is 2.59. The van der Waals surface area contributed by atoms with Crippen LogP contribution in [0.2, 0.25) is 0 Å². The van der Waals surface area contributed by atoms with Crippen LogP contribution in [0.5, 0.6) is 0 Å². The Balaban J connectivity index is 4.12. The highest BCUT2D eigenvalue weighted by Crippen LogP contribution is 2.29. The Morgan fingerprint density at radius 1 is 0.857 bits per heavy atom. The van der Waals surface area contributed by atoms with Crippen LogP contribution in [0.25, 0.3) is 0 Å². The maximum atomic E-state index is 9.03. The highest BCUT2D eigenvalue weighted by molar-refractivity contribution is 5.13. The van der Waals surface area contributed by atoms with E-state index >= 15 is 0 Å². The molecule has 0 aromatic heterocycles. The van der Waals surface area contributed by atoms with Gasteiger partial charge in [0.15, 0.2) is 0 Å². The Labute approximate surface area is 87.5 Å². The highest BCUT2D eigenvalue weighted by atomic mass is 14.4.